The van der Waals surface area contributed by atoms with E-state index in [0.29, 0.717) is 5.02 Å². The van der Waals surface area contributed by atoms with Crippen molar-refractivity contribution in [3.63, 3.8) is 0 Å². The molecule has 2 aromatic rings. The van der Waals surface area contributed by atoms with Crippen LogP contribution in [0.4, 0.5) is 0 Å². The number of hydrogen-bond donors (Lipinski definition) is 0. The number of aromatic nitrogens is 4. The van der Waals surface area contributed by atoms with E-state index in [4.69, 9.17) is 11.6 Å². The highest BCUT2D eigenvalue weighted by Gasteiger charge is 1.96. The van der Waals surface area contributed by atoms with Crippen LogP contribution in [0.1, 0.15) is 0 Å². The molecule has 1 aromatic carbocycles. The molecule has 0 amide bonds. The number of hydrogen-bond acceptors (Lipinski definition) is 3. The van der Waals surface area contributed by atoms with Gasteiger partial charge in [-0.25, -0.2) is 0 Å². The Bertz CT molecular complexity index is 353. The molecule has 0 unspecified atom stereocenters. The molecule has 0 saturated carbocycles. The second-order valence-corrected chi connectivity index (χ2v) is 2.64. The van der Waals surface area contributed by atoms with Crippen molar-refractivity contribution < 1.29 is 0 Å². The first-order valence-electron chi connectivity index (χ1n) is 3.35. The number of benzene rings is 1. The summed E-state index contributed by atoms with van der Waals surface area (Å²) < 4.78 is 0. The number of tetrazole rings is 1. The van der Waals surface area contributed by atoms with E-state index in [9.17, 15) is 0 Å². The van der Waals surface area contributed by atoms with Crippen LogP contribution >= 0.6 is 11.6 Å². The summed E-state index contributed by atoms with van der Waals surface area (Å²) in [6.07, 6.45) is 1.38. The van der Waals surface area contributed by atoms with Crippen LogP contribution in [0, 0.1) is 0 Å². The van der Waals surface area contributed by atoms with Crippen LogP contribution in [0.25, 0.3) is 5.69 Å². The standard InChI is InChI=1S/C7H5ClN4/c8-6-1-3-7(4-2-6)12-10-5-9-11-12/h1-5H. The van der Waals surface area contributed by atoms with Gasteiger partial charge in [0.25, 0.3) is 0 Å². The predicted octanol–water partition coefficient (Wildman–Crippen LogP) is 1.32. The lowest BCUT2D eigenvalue weighted by molar-refractivity contribution is 0.720. The molecule has 0 aliphatic rings. The van der Waals surface area contributed by atoms with Gasteiger partial charge >= 0.3 is 0 Å². The number of rotatable bonds is 1. The van der Waals surface area contributed by atoms with E-state index in [2.05, 4.69) is 15.4 Å². The smallest absolute Gasteiger partial charge is 0.135 e. The molecule has 5 heteroatoms. The molecule has 0 aliphatic heterocycles. The molecule has 0 fully saturated rings. The van der Waals surface area contributed by atoms with Gasteiger partial charge in [0.15, 0.2) is 6.33 Å². The molecule has 0 aliphatic carbocycles. The normalized spacial score (nSPS) is 10.1. The summed E-state index contributed by atoms with van der Waals surface area (Å²) in [6, 6.07) is 7.20. The van der Waals surface area contributed by atoms with Crippen LogP contribution in [0.3, 0.4) is 0 Å². The molecule has 12 heavy (non-hydrogen) atoms. The Hall–Kier alpha value is -1.42. The Labute approximate surface area is 73.8 Å². The summed E-state index contributed by atoms with van der Waals surface area (Å²) >= 11 is 5.71. The minimum Gasteiger partial charge on any atom is -0.135 e. The van der Waals surface area contributed by atoms with E-state index in [-0.39, 0.29) is 0 Å². The van der Waals surface area contributed by atoms with E-state index in [0.717, 1.165) is 5.69 Å². The fraction of sp³-hybridized carbons (Fsp3) is 0. The van der Waals surface area contributed by atoms with Crippen LogP contribution in [-0.2, 0) is 0 Å². The van der Waals surface area contributed by atoms with E-state index < -0.39 is 0 Å². The predicted molar refractivity (Wildman–Crippen MR) is 44.2 cm³/mol. The van der Waals surface area contributed by atoms with Crippen molar-refractivity contribution in [3.8, 4) is 5.69 Å². The number of nitrogens with zero attached hydrogens (tertiary/aromatic N) is 4. The second kappa shape index (κ2) is 2.91. The topological polar surface area (TPSA) is 43.6 Å². The van der Waals surface area contributed by atoms with Crippen molar-refractivity contribution in [2.75, 3.05) is 0 Å². The maximum absolute atomic E-state index is 5.71. The summed E-state index contributed by atoms with van der Waals surface area (Å²) in [4.78, 5) is 1.43. The fourth-order valence-electron chi connectivity index (χ4n) is 0.860. The van der Waals surface area contributed by atoms with Gasteiger partial charge in [0, 0.05) is 5.02 Å². The molecular weight excluding hydrogens is 176 g/mol. The average Bonchev–Trinajstić information content (AvgIpc) is 2.58. The largest absolute Gasteiger partial charge is 0.162 e. The van der Waals surface area contributed by atoms with E-state index in [1.165, 1.54) is 11.1 Å². The first-order valence-corrected chi connectivity index (χ1v) is 3.73. The van der Waals surface area contributed by atoms with Crippen LogP contribution < -0.4 is 0 Å². The molecule has 0 radical (unpaired) electrons. The molecule has 0 spiro atoms. The summed E-state index contributed by atoms with van der Waals surface area (Å²) in [5.41, 5.74) is 0.844. The van der Waals surface area contributed by atoms with Gasteiger partial charge in [-0.15, -0.1) is 15.0 Å². The minimum absolute atomic E-state index is 0.693. The Balaban J connectivity index is 2.43. The van der Waals surface area contributed by atoms with Gasteiger partial charge < -0.3 is 0 Å². The van der Waals surface area contributed by atoms with Gasteiger partial charge in [0.1, 0.15) is 0 Å². The highest BCUT2D eigenvalue weighted by molar-refractivity contribution is 6.30. The zero-order chi connectivity index (χ0) is 8.39. The molecule has 1 heterocycles. The van der Waals surface area contributed by atoms with Crippen LogP contribution in [0.5, 0.6) is 0 Å². The molecule has 0 saturated heterocycles. The Kier molecular flexibility index (Phi) is 1.75. The zero-order valence-corrected chi connectivity index (χ0v) is 6.81. The quantitative estimate of drug-likeness (QED) is 0.665. The third-order valence-electron chi connectivity index (χ3n) is 1.41. The summed E-state index contributed by atoms with van der Waals surface area (Å²) in [5, 5.41) is 11.9. The van der Waals surface area contributed by atoms with Crippen LogP contribution in [0.15, 0.2) is 30.6 Å². The molecular formula is C7H5ClN4. The highest BCUT2D eigenvalue weighted by Crippen LogP contribution is 2.10. The lowest BCUT2D eigenvalue weighted by atomic mass is 10.3. The Morgan fingerprint density at radius 2 is 1.92 bits per heavy atom. The summed E-state index contributed by atoms with van der Waals surface area (Å²) in [6.45, 7) is 0. The van der Waals surface area contributed by atoms with Crippen molar-refractivity contribution >= 4 is 11.6 Å². The van der Waals surface area contributed by atoms with Crippen molar-refractivity contribution in [2.24, 2.45) is 0 Å². The van der Waals surface area contributed by atoms with Gasteiger partial charge in [-0.1, -0.05) is 11.6 Å². The minimum atomic E-state index is 0.693. The molecule has 0 bridgehead atoms. The van der Waals surface area contributed by atoms with Crippen LogP contribution in [-0.4, -0.2) is 20.2 Å². The first-order chi connectivity index (χ1) is 5.86. The molecule has 60 valence electrons. The lowest BCUT2D eigenvalue weighted by Crippen LogP contribution is -1.97. The second-order valence-electron chi connectivity index (χ2n) is 2.20. The van der Waals surface area contributed by atoms with E-state index >= 15 is 0 Å². The number of halogens is 1. The van der Waals surface area contributed by atoms with Gasteiger partial charge in [-0.2, -0.15) is 0 Å². The lowest BCUT2D eigenvalue weighted by Gasteiger charge is -1.96. The van der Waals surface area contributed by atoms with Gasteiger partial charge in [-0.3, -0.25) is 0 Å². The molecule has 0 atom stereocenters. The summed E-state index contributed by atoms with van der Waals surface area (Å²) in [7, 11) is 0. The average molecular weight is 181 g/mol. The third kappa shape index (κ3) is 1.29. The highest BCUT2D eigenvalue weighted by atomic mass is 35.5. The van der Waals surface area contributed by atoms with Crippen molar-refractivity contribution in [1.82, 2.24) is 20.2 Å². The van der Waals surface area contributed by atoms with Gasteiger partial charge in [0.05, 0.1) is 5.69 Å². The van der Waals surface area contributed by atoms with Gasteiger partial charge in [0.2, 0.25) is 0 Å². The molecule has 4 nitrogen and oxygen atoms in total. The van der Waals surface area contributed by atoms with Crippen molar-refractivity contribution in [3.05, 3.63) is 35.6 Å². The summed E-state index contributed by atoms with van der Waals surface area (Å²) in [5.74, 6) is 0. The maximum Gasteiger partial charge on any atom is 0.162 e. The van der Waals surface area contributed by atoms with Gasteiger partial charge in [-0.05, 0) is 29.5 Å². The Morgan fingerprint density at radius 1 is 1.17 bits per heavy atom. The van der Waals surface area contributed by atoms with Crippen molar-refractivity contribution in [1.29, 1.82) is 0 Å². The maximum atomic E-state index is 5.71. The van der Waals surface area contributed by atoms with E-state index in [1.807, 2.05) is 12.1 Å². The monoisotopic (exact) mass is 180 g/mol. The molecule has 1 aromatic heterocycles. The third-order valence-corrected chi connectivity index (χ3v) is 1.66. The Morgan fingerprint density at radius 3 is 2.50 bits per heavy atom. The fourth-order valence-corrected chi connectivity index (χ4v) is 0.986. The van der Waals surface area contributed by atoms with E-state index in [1.54, 1.807) is 12.1 Å². The first kappa shape index (κ1) is 7.24. The SMILES string of the molecule is Clc1ccc(-n2ncnn2)cc1. The van der Waals surface area contributed by atoms with Crippen molar-refractivity contribution in [2.45, 2.75) is 0 Å². The van der Waals surface area contributed by atoms with Crippen LogP contribution in [0.2, 0.25) is 5.02 Å². The zero-order valence-electron chi connectivity index (χ0n) is 6.05. The molecule has 0 N–H and O–H groups in total. The molecule has 2 rings (SSSR count).